The summed E-state index contributed by atoms with van der Waals surface area (Å²) in [6.07, 6.45) is 2.18. The zero-order valence-electron chi connectivity index (χ0n) is 12.1. The summed E-state index contributed by atoms with van der Waals surface area (Å²) in [6.45, 7) is 0. The van der Waals surface area contributed by atoms with E-state index in [2.05, 4.69) is 9.97 Å². The van der Waals surface area contributed by atoms with Crippen molar-refractivity contribution in [2.45, 2.75) is 0 Å². The number of pyridine rings is 2. The number of rotatable bonds is 3. The summed E-state index contributed by atoms with van der Waals surface area (Å²) >= 11 is 5.72. The largest absolute Gasteiger partial charge is 0.398 e. The van der Waals surface area contributed by atoms with Gasteiger partial charge in [0.1, 0.15) is 11.5 Å². The van der Waals surface area contributed by atoms with Crippen molar-refractivity contribution < 1.29 is 13.6 Å². The van der Waals surface area contributed by atoms with Gasteiger partial charge < -0.3 is 5.73 Å². The summed E-state index contributed by atoms with van der Waals surface area (Å²) in [7, 11) is 0. The Morgan fingerprint density at radius 3 is 2.54 bits per heavy atom. The summed E-state index contributed by atoms with van der Waals surface area (Å²) in [5.74, 6) is -1.96. The first-order chi connectivity index (χ1) is 11.5. The molecular formula is C17H10ClF2N3O. The molecule has 1 aromatic carbocycles. The Kier molecular flexibility index (Phi) is 4.22. The monoisotopic (exact) mass is 345 g/mol. The van der Waals surface area contributed by atoms with Crippen LogP contribution in [0.3, 0.4) is 0 Å². The van der Waals surface area contributed by atoms with Gasteiger partial charge in [-0.05, 0) is 36.4 Å². The molecule has 3 rings (SSSR count). The number of carbonyl (C=O) groups excluding carboxylic acids is 1. The number of aromatic nitrogens is 2. The van der Waals surface area contributed by atoms with Crippen LogP contribution in [0.5, 0.6) is 0 Å². The van der Waals surface area contributed by atoms with Crippen molar-refractivity contribution >= 4 is 23.1 Å². The van der Waals surface area contributed by atoms with Crippen LogP contribution in [0.4, 0.5) is 14.5 Å². The van der Waals surface area contributed by atoms with E-state index in [4.69, 9.17) is 17.3 Å². The number of hydrogen-bond donors (Lipinski definition) is 1. The lowest BCUT2D eigenvalue weighted by Gasteiger charge is -2.08. The Hall–Kier alpha value is -2.86. The molecule has 2 heterocycles. The molecule has 0 aliphatic heterocycles. The van der Waals surface area contributed by atoms with Crippen LogP contribution in [-0.2, 0) is 0 Å². The van der Waals surface area contributed by atoms with Gasteiger partial charge in [0.25, 0.3) is 0 Å². The molecular weight excluding hydrogens is 336 g/mol. The molecule has 0 radical (unpaired) electrons. The summed E-state index contributed by atoms with van der Waals surface area (Å²) < 4.78 is 27.5. The second-order valence-corrected chi connectivity index (χ2v) is 5.41. The van der Waals surface area contributed by atoms with E-state index in [1.807, 2.05) is 0 Å². The van der Waals surface area contributed by atoms with E-state index in [1.54, 1.807) is 0 Å². The summed E-state index contributed by atoms with van der Waals surface area (Å²) in [5.41, 5.74) is 6.31. The number of nitrogen functional groups attached to an aromatic ring is 1. The molecule has 0 spiro atoms. The molecule has 0 atom stereocenters. The number of nitrogens with zero attached hydrogens (tertiary/aromatic N) is 2. The van der Waals surface area contributed by atoms with E-state index in [1.165, 1.54) is 42.6 Å². The highest BCUT2D eigenvalue weighted by Gasteiger charge is 2.18. The molecule has 4 nitrogen and oxygen atoms in total. The minimum absolute atomic E-state index is 0.0302. The van der Waals surface area contributed by atoms with Gasteiger partial charge in [0.15, 0.2) is 5.82 Å². The number of halogens is 3. The predicted molar refractivity (Wildman–Crippen MR) is 86.7 cm³/mol. The van der Waals surface area contributed by atoms with Gasteiger partial charge in [-0.2, -0.15) is 0 Å². The Balaban J connectivity index is 2.08. The quantitative estimate of drug-likeness (QED) is 0.577. The Labute approximate surface area is 140 Å². The summed E-state index contributed by atoms with van der Waals surface area (Å²) in [6, 6.07) is 7.83. The number of anilines is 1. The lowest BCUT2D eigenvalue weighted by atomic mass is 10.0. The van der Waals surface area contributed by atoms with Gasteiger partial charge in [0, 0.05) is 17.4 Å². The molecule has 0 fully saturated rings. The van der Waals surface area contributed by atoms with Crippen molar-refractivity contribution in [1.29, 1.82) is 0 Å². The predicted octanol–water partition coefficient (Wildman–Crippen LogP) is 3.89. The molecule has 2 aromatic heterocycles. The van der Waals surface area contributed by atoms with Crippen LogP contribution in [0.25, 0.3) is 11.3 Å². The molecule has 3 aromatic rings. The first-order valence-corrected chi connectivity index (χ1v) is 7.20. The van der Waals surface area contributed by atoms with Crippen LogP contribution in [0.2, 0.25) is 5.02 Å². The Morgan fingerprint density at radius 1 is 1.04 bits per heavy atom. The normalized spacial score (nSPS) is 10.6. The first kappa shape index (κ1) is 16.0. The van der Waals surface area contributed by atoms with Crippen LogP contribution in [0.1, 0.15) is 16.1 Å². The van der Waals surface area contributed by atoms with E-state index in [0.29, 0.717) is 5.02 Å². The zero-order valence-corrected chi connectivity index (χ0v) is 12.9. The van der Waals surface area contributed by atoms with Crippen LogP contribution in [-0.4, -0.2) is 15.8 Å². The molecule has 7 heteroatoms. The molecule has 0 saturated carbocycles. The summed E-state index contributed by atoms with van der Waals surface area (Å²) in [4.78, 5) is 20.2. The maximum Gasteiger partial charge on any atom is 0.214 e. The van der Waals surface area contributed by atoms with Crippen molar-refractivity contribution in [2.75, 3.05) is 5.73 Å². The van der Waals surface area contributed by atoms with Gasteiger partial charge in [0.2, 0.25) is 5.78 Å². The number of nitrogens with two attached hydrogens (primary N) is 1. The number of benzene rings is 1. The van der Waals surface area contributed by atoms with Gasteiger partial charge in [-0.25, -0.2) is 8.78 Å². The highest BCUT2D eigenvalue weighted by molar-refractivity contribution is 6.30. The van der Waals surface area contributed by atoms with Gasteiger partial charge >= 0.3 is 0 Å². The van der Waals surface area contributed by atoms with Crippen molar-refractivity contribution in [1.82, 2.24) is 9.97 Å². The maximum absolute atomic E-state index is 14.0. The van der Waals surface area contributed by atoms with Gasteiger partial charge in [-0.15, -0.1) is 0 Å². The molecule has 0 saturated heterocycles. The number of hydrogen-bond acceptors (Lipinski definition) is 4. The third kappa shape index (κ3) is 3.09. The topological polar surface area (TPSA) is 68.9 Å². The van der Waals surface area contributed by atoms with Crippen molar-refractivity contribution in [2.24, 2.45) is 0 Å². The minimum Gasteiger partial charge on any atom is -0.398 e. The van der Waals surface area contributed by atoms with E-state index in [0.717, 1.165) is 6.20 Å². The van der Waals surface area contributed by atoms with Gasteiger partial charge in [0.05, 0.1) is 22.5 Å². The van der Waals surface area contributed by atoms with Gasteiger partial charge in [-0.1, -0.05) is 11.6 Å². The van der Waals surface area contributed by atoms with Gasteiger partial charge in [-0.3, -0.25) is 14.8 Å². The lowest BCUT2D eigenvalue weighted by Crippen LogP contribution is -2.07. The lowest BCUT2D eigenvalue weighted by molar-refractivity contribution is 0.103. The summed E-state index contributed by atoms with van der Waals surface area (Å²) in [5, 5.41) is 0.356. The minimum atomic E-state index is -0.810. The van der Waals surface area contributed by atoms with Crippen molar-refractivity contribution in [3.63, 3.8) is 0 Å². The number of carbonyl (C=O) groups is 1. The molecule has 0 unspecified atom stereocenters. The number of ketones is 1. The Bertz CT molecular complexity index is 930. The smallest absolute Gasteiger partial charge is 0.214 e. The fraction of sp³-hybridized carbons (Fsp3) is 0. The first-order valence-electron chi connectivity index (χ1n) is 6.83. The van der Waals surface area contributed by atoms with Crippen LogP contribution < -0.4 is 5.73 Å². The molecule has 0 aliphatic rings. The third-order valence-corrected chi connectivity index (χ3v) is 3.57. The molecule has 0 amide bonds. The second kappa shape index (κ2) is 6.33. The molecule has 24 heavy (non-hydrogen) atoms. The maximum atomic E-state index is 14.0. The standard InChI is InChI=1S/C17H10ClF2N3O/c18-9-1-4-15(22-7-9)17(24)11-6-16(23-8-13(11)20)12-5-10(19)2-3-14(12)21/h1-8H,21H2. The van der Waals surface area contributed by atoms with Crippen LogP contribution in [0, 0.1) is 11.6 Å². The second-order valence-electron chi connectivity index (χ2n) is 4.97. The molecule has 0 bridgehead atoms. The molecule has 2 N–H and O–H groups in total. The van der Waals surface area contributed by atoms with Crippen molar-refractivity contribution in [3.05, 3.63) is 76.7 Å². The van der Waals surface area contributed by atoms with E-state index in [9.17, 15) is 13.6 Å². The van der Waals surface area contributed by atoms with E-state index in [-0.39, 0.29) is 28.2 Å². The van der Waals surface area contributed by atoms with Crippen LogP contribution >= 0.6 is 11.6 Å². The SMILES string of the molecule is Nc1ccc(F)cc1-c1cc(C(=O)c2ccc(Cl)cn2)c(F)cn1. The van der Waals surface area contributed by atoms with E-state index < -0.39 is 17.4 Å². The average molecular weight is 346 g/mol. The highest BCUT2D eigenvalue weighted by Crippen LogP contribution is 2.27. The van der Waals surface area contributed by atoms with E-state index >= 15 is 0 Å². The molecule has 0 aliphatic carbocycles. The third-order valence-electron chi connectivity index (χ3n) is 3.35. The highest BCUT2D eigenvalue weighted by atomic mass is 35.5. The Morgan fingerprint density at radius 2 is 1.83 bits per heavy atom. The fourth-order valence-corrected chi connectivity index (χ4v) is 2.27. The zero-order chi connectivity index (χ0) is 17.3. The fourth-order valence-electron chi connectivity index (χ4n) is 2.16. The van der Waals surface area contributed by atoms with Crippen LogP contribution in [0.15, 0.2) is 48.8 Å². The van der Waals surface area contributed by atoms with Crippen molar-refractivity contribution in [3.8, 4) is 11.3 Å². The average Bonchev–Trinajstić information content (AvgIpc) is 2.58. The molecule has 120 valence electrons.